The summed E-state index contributed by atoms with van der Waals surface area (Å²) in [5.74, 6) is -1.43. The van der Waals surface area contributed by atoms with E-state index in [4.69, 9.17) is 18.7 Å². The van der Waals surface area contributed by atoms with Crippen LogP contribution in [0, 0.1) is 11.8 Å². The summed E-state index contributed by atoms with van der Waals surface area (Å²) in [6, 6.07) is 18.8. The number of hydrogen-bond donors (Lipinski definition) is 2. The van der Waals surface area contributed by atoms with Crippen molar-refractivity contribution in [2.45, 2.75) is 118 Å². The Morgan fingerprint density at radius 3 is 1.40 bits per heavy atom. The van der Waals surface area contributed by atoms with Gasteiger partial charge in [0.15, 0.2) is 0 Å². The van der Waals surface area contributed by atoms with Gasteiger partial charge >= 0.3 is 20.1 Å². The van der Waals surface area contributed by atoms with Gasteiger partial charge in [0.1, 0.15) is 13.2 Å². The van der Waals surface area contributed by atoms with E-state index in [0.29, 0.717) is 37.9 Å². The van der Waals surface area contributed by atoms with Crippen LogP contribution in [0.1, 0.15) is 129 Å². The SMILES string of the molecule is CCC(C(=O)O)c1ccccc1.CCCCC(CC)CO[P+](O)(OCC(CC)CCCC)OC(=O)C(CC)c1ccccc1.[Ni]. The van der Waals surface area contributed by atoms with Crippen LogP contribution < -0.4 is 0 Å². The average Bonchev–Trinajstić information content (AvgIpc) is 3.03. The van der Waals surface area contributed by atoms with Gasteiger partial charge in [-0.15, -0.1) is 9.05 Å². The summed E-state index contributed by atoms with van der Waals surface area (Å²) < 4.78 is 17.4. The molecule has 0 aliphatic heterocycles. The fourth-order valence-electron chi connectivity index (χ4n) is 4.92. The minimum atomic E-state index is -3.76. The molecular weight excluding hydrogens is 634 g/mol. The van der Waals surface area contributed by atoms with Crippen molar-refractivity contribution >= 4 is 20.1 Å². The van der Waals surface area contributed by atoms with Crippen LogP contribution in [0.5, 0.6) is 0 Å². The summed E-state index contributed by atoms with van der Waals surface area (Å²) in [6.45, 7) is 13.1. The van der Waals surface area contributed by atoms with E-state index < -0.39 is 26.0 Å². The number of benzene rings is 2. The van der Waals surface area contributed by atoms with E-state index in [9.17, 15) is 14.5 Å². The maximum atomic E-state index is 13.0. The van der Waals surface area contributed by atoms with Gasteiger partial charge in [-0.05, 0) is 48.6 Å². The molecule has 0 saturated heterocycles. The van der Waals surface area contributed by atoms with Gasteiger partial charge in [-0.1, -0.05) is 141 Å². The zero-order chi connectivity index (χ0) is 32.8. The first-order valence-corrected chi connectivity index (χ1v) is 18.1. The van der Waals surface area contributed by atoms with Crippen molar-refractivity contribution in [3.05, 3.63) is 71.8 Å². The summed E-state index contributed by atoms with van der Waals surface area (Å²) in [6.07, 6.45) is 9.61. The molecule has 2 rings (SSSR count). The standard InChI is InChI=1S/C26H46O5P.C10H12O2.Ni/c1-6-11-16-22(8-3)20-29-32(28,30-21-23(9-4)17-12-7-2)31-26(27)25(10-5)24-18-14-13-15-19-24;1-2-9(10(11)12)8-6-4-3-5-7-8;/h13-15,18-19,22-23,25,28H,6-12,16-17,20-21H2,1-5H3;3-7,9H,2H2,1H3,(H,11,12);/q+1;;. The molecule has 2 aromatic carbocycles. The molecule has 4 atom stereocenters. The molecule has 2 N–H and O–H groups in total. The molecule has 9 heteroatoms. The molecular formula is C36H58NiO7P+. The van der Waals surface area contributed by atoms with Gasteiger partial charge in [-0.2, -0.15) is 4.89 Å². The van der Waals surface area contributed by atoms with Gasteiger partial charge < -0.3 is 5.11 Å². The predicted molar refractivity (Wildman–Crippen MR) is 180 cm³/mol. The Hall–Kier alpha value is -1.82. The molecule has 258 valence electrons. The van der Waals surface area contributed by atoms with Crippen LogP contribution in [0.25, 0.3) is 0 Å². The van der Waals surface area contributed by atoms with Crippen LogP contribution in [0.2, 0.25) is 0 Å². The third kappa shape index (κ3) is 17.1. The van der Waals surface area contributed by atoms with Crippen LogP contribution in [0.4, 0.5) is 0 Å². The maximum absolute atomic E-state index is 13.0. The van der Waals surface area contributed by atoms with Crippen molar-refractivity contribution in [2.75, 3.05) is 13.2 Å². The Kier molecular flexibility index (Phi) is 24.3. The van der Waals surface area contributed by atoms with Gasteiger partial charge in [-0.25, -0.2) is 9.32 Å². The predicted octanol–water partition coefficient (Wildman–Crippen LogP) is 10.1. The maximum Gasteiger partial charge on any atom is 0.622 e. The number of carbonyl (C=O) groups is 2. The summed E-state index contributed by atoms with van der Waals surface area (Å²) in [5.41, 5.74) is 1.75. The Morgan fingerprint density at radius 1 is 0.667 bits per heavy atom. The van der Waals surface area contributed by atoms with Crippen LogP contribution in [0.15, 0.2) is 60.7 Å². The number of rotatable bonds is 21. The molecule has 0 radical (unpaired) electrons. The first kappa shape index (κ1) is 43.2. The Bertz CT molecular complexity index is 1000. The number of unbranched alkanes of at least 4 members (excludes halogenated alkanes) is 2. The van der Waals surface area contributed by atoms with Crippen LogP contribution in [-0.2, 0) is 39.7 Å². The second-order valence-electron chi connectivity index (χ2n) is 11.4. The van der Waals surface area contributed by atoms with Crippen molar-refractivity contribution in [2.24, 2.45) is 11.8 Å². The van der Waals surface area contributed by atoms with Gasteiger partial charge in [0.2, 0.25) is 0 Å². The Balaban J connectivity index is 0.00000124. The van der Waals surface area contributed by atoms with Gasteiger partial charge in [0.25, 0.3) is 0 Å². The smallest absolute Gasteiger partial charge is 0.481 e. The molecule has 0 aromatic heterocycles. The van der Waals surface area contributed by atoms with E-state index in [1.54, 1.807) is 0 Å². The Morgan fingerprint density at radius 2 is 1.07 bits per heavy atom. The summed E-state index contributed by atoms with van der Waals surface area (Å²) >= 11 is 0. The molecule has 0 aliphatic carbocycles. The number of aliphatic carboxylic acids is 1. The molecule has 0 spiro atoms. The average molecular weight is 693 g/mol. The van der Waals surface area contributed by atoms with Crippen molar-refractivity contribution < 1.29 is 49.7 Å². The number of hydrogen-bond acceptors (Lipinski definition) is 6. The molecule has 45 heavy (non-hydrogen) atoms. The summed E-state index contributed by atoms with van der Waals surface area (Å²) in [5, 5.41) is 8.83. The van der Waals surface area contributed by atoms with E-state index in [-0.39, 0.29) is 22.4 Å². The third-order valence-corrected chi connectivity index (χ3v) is 9.40. The normalized spacial score (nSPS) is 14.8. The Labute approximate surface area is 283 Å². The van der Waals surface area contributed by atoms with E-state index in [0.717, 1.165) is 62.5 Å². The molecule has 2 aromatic rings. The largest absolute Gasteiger partial charge is 0.622 e. The molecule has 0 fully saturated rings. The van der Waals surface area contributed by atoms with Gasteiger partial charge in [0, 0.05) is 16.5 Å². The number of carboxylic acids is 1. The first-order chi connectivity index (χ1) is 21.2. The number of carbonyl (C=O) groups excluding carboxylic acids is 1. The second-order valence-corrected chi connectivity index (χ2v) is 13.0. The fourth-order valence-corrected chi connectivity index (χ4v) is 6.26. The van der Waals surface area contributed by atoms with Crippen LogP contribution >= 0.6 is 8.17 Å². The summed E-state index contributed by atoms with van der Waals surface area (Å²) in [7, 11) is -3.76. The quantitative estimate of drug-likeness (QED) is 0.0992. The molecule has 4 unspecified atom stereocenters. The van der Waals surface area contributed by atoms with Gasteiger partial charge in [0.05, 0.1) is 11.8 Å². The molecule has 0 amide bonds. The van der Waals surface area contributed by atoms with Crippen molar-refractivity contribution in [3.63, 3.8) is 0 Å². The van der Waals surface area contributed by atoms with Crippen LogP contribution in [-0.4, -0.2) is 35.2 Å². The first-order valence-electron chi connectivity index (χ1n) is 16.6. The van der Waals surface area contributed by atoms with Crippen molar-refractivity contribution in [1.82, 2.24) is 0 Å². The van der Waals surface area contributed by atoms with Crippen molar-refractivity contribution in [3.8, 4) is 0 Å². The molecule has 0 heterocycles. The second kappa shape index (κ2) is 25.3. The molecule has 7 nitrogen and oxygen atoms in total. The third-order valence-electron chi connectivity index (χ3n) is 8.04. The van der Waals surface area contributed by atoms with Crippen molar-refractivity contribution in [1.29, 1.82) is 0 Å². The number of carboxylic acid groups (broad SMARTS) is 1. The van der Waals surface area contributed by atoms with E-state index in [2.05, 4.69) is 27.7 Å². The molecule has 0 bridgehead atoms. The molecule has 0 saturated carbocycles. The topological polar surface area (TPSA) is 102 Å². The minimum absolute atomic E-state index is 0. The fraction of sp³-hybridized carbons (Fsp3) is 0.611. The van der Waals surface area contributed by atoms with Crippen LogP contribution in [0.3, 0.4) is 0 Å². The van der Waals surface area contributed by atoms with E-state index >= 15 is 0 Å². The van der Waals surface area contributed by atoms with E-state index in [1.807, 2.05) is 74.5 Å². The summed E-state index contributed by atoms with van der Waals surface area (Å²) in [4.78, 5) is 35.0. The van der Waals surface area contributed by atoms with Gasteiger partial charge in [-0.3, -0.25) is 4.79 Å². The monoisotopic (exact) mass is 691 g/mol. The molecule has 0 aliphatic rings. The minimum Gasteiger partial charge on any atom is -0.481 e. The zero-order valence-corrected chi connectivity index (χ0v) is 30.1. The zero-order valence-electron chi connectivity index (χ0n) is 28.3. The van der Waals surface area contributed by atoms with E-state index in [1.165, 1.54) is 0 Å².